The van der Waals surface area contributed by atoms with Crippen LogP contribution in [0.25, 0.3) is 17.1 Å². The molecule has 0 fully saturated rings. The first-order valence-electron chi connectivity index (χ1n) is 6.85. The Morgan fingerprint density at radius 3 is 2.68 bits per heavy atom. The molecule has 2 aromatic carbocycles. The summed E-state index contributed by atoms with van der Waals surface area (Å²) in [7, 11) is 0. The van der Waals surface area contributed by atoms with E-state index >= 15 is 0 Å². The van der Waals surface area contributed by atoms with E-state index in [1.165, 1.54) is 0 Å². The molecule has 0 spiro atoms. The van der Waals surface area contributed by atoms with E-state index in [1.807, 2.05) is 60.0 Å². The predicted octanol–water partition coefficient (Wildman–Crippen LogP) is 4.76. The zero-order chi connectivity index (χ0) is 15.5. The van der Waals surface area contributed by atoms with Crippen LogP contribution >= 0.6 is 28.1 Å². The molecule has 0 unspecified atom stereocenters. The molecular formula is C16H14BrN3OS. The molecule has 1 heterocycles. The lowest BCUT2D eigenvalue weighted by atomic mass is 10.2. The maximum absolute atomic E-state index is 5.47. The molecular weight excluding hydrogens is 362 g/mol. The van der Waals surface area contributed by atoms with Crippen molar-refractivity contribution in [1.29, 1.82) is 0 Å². The average Bonchev–Trinajstić information content (AvgIpc) is 2.90. The van der Waals surface area contributed by atoms with Crippen LogP contribution in [0.2, 0.25) is 0 Å². The van der Waals surface area contributed by atoms with Crippen LogP contribution in [0.4, 0.5) is 0 Å². The maximum atomic E-state index is 5.47. The fraction of sp³-hybridized carbons (Fsp3) is 0.125. The predicted molar refractivity (Wildman–Crippen MR) is 93.1 cm³/mol. The minimum absolute atomic E-state index is 0.555. The molecule has 0 radical (unpaired) electrons. The zero-order valence-corrected chi connectivity index (χ0v) is 14.3. The van der Waals surface area contributed by atoms with Gasteiger partial charge in [-0.15, -0.1) is 0 Å². The van der Waals surface area contributed by atoms with Gasteiger partial charge in [0.2, 0.25) is 0 Å². The lowest BCUT2D eigenvalue weighted by Crippen LogP contribution is -1.98. The molecule has 0 aliphatic carbocycles. The molecule has 3 rings (SSSR count). The van der Waals surface area contributed by atoms with Crippen LogP contribution in [0.15, 0.2) is 53.0 Å². The van der Waals surface area contributed by atoms with E-state index in [1.54, 1.807) is 0 Å². The van der Waals surface area contributed by atoms with Crippen LogP contribution in [0.3, 0.4) is 0 Å². The van der Waals surface area contributed by atoms with Crippen molar-refractivity contribution in [3.05, 3.63) is 57.8 Å². The summed E-state index contributed by atoms with van der Waals surface area (Å²) in [5.74, 6) is 1.61. The average molecular weight is 376 g/mol. The number of H-pyrrole nitrogens is 1. The van der Waals surface area contributed by atoms with E-state index in [4.69, 9.17) is 17.0 Å². The van der Waals surface area contributed by atoms with Crippen molar-refractivity contribution in [2.24, 2.45) is 0 Å². The summed E-state index contributed by atoms with van der Waals surface area (Å²) in [5, 5.41) is 7.22. The van der Waals surface area contributed by atoms with Gasteiger partial charge in [-0.25, -0.2) is 0 Å². The fourth-order valence-electron chi connectivity index (χ4n) is 2.22. The van der Waals surface area contributed by atoms with Crippen LogP contribution < -0.4 is 4.74 Å². The second kappa shape index (κ2) is 6.46. The van der Waals surface area contributed by atoms with Crippen molar-refractivity contribution in [1.82, 2.24) is 14.8 Å². The van der Waals surface area contributed by atoms with Crippen LogP contribution in [0.5, 0.6) is 5.75 Å². The van der Waals surface area contributed by atoms with Gasteiger partial charge in [0.1, 0.15) is 5.75 Å². The number of ether oxygens (including phenoxy) is 1. The molecule has 0 aliphatic heterocycles. The first-order chi connectivity index (χ1) is 10.7. The Bertz CT molecular complexity index is 839. The summed E-state index contributed by atoms with van der Waals surface area (Å²) in [6, 6.07) is 15.8. The Hall–Kier alpha value is -1.92. The largest absolute Gasteiger partial charge is 0.494 e. The van der Waals surface area contributed by atoms with E-state index in [9.17, 15) is 0 Å². The van der Waals surface area contributed by atoms with Crippen LogP contribution in [-0.2, 0) is 0 Å². The highest BCUT2D eigenvalue weighted by Crippen LogP contribution is 2.25. The first kappa shape index (κ1) is 15.0. The summed E-state index contributed by atoms with van der Waals surface area (Å²) < 4.78 is 8.94. The molecule has 0 saturated carbocycles. The normalized spacial score (nSPS) is 10.6. The van der Waals surface area contributed by atoms with Gasteiger partial charge in [-0.05, 0) is 55.5 Å². The van der Waals surface area contributed by atoms with Crippen molar-refractivity contribution in [2.45, 2.75) is 6.92 Å². The van der Waals surface area contributed by atoms with Crippen molar-refractivity contribution >= 4 is 28.1 Å². The lowest BCUT2D eigenvalue weighted by Gasteiger charge is -2.09. The highest BCUT2D eigenvalue weighted by molar-refractivity contribution is 9.10. The summed E-state index contributed by atoms with van der Waals surface area (Å²) in [6.07, 6.45) is 0. The Morgan fingerprint density at radius 2 is 2.00 bits per heavy atom. The van der Waals surface area contributed by atoms with Crippen LogP contribution in [0, 0.1) is 4.77 Å². The fourth-order valence-corrected chi connectivity index (χ4v) is 2.85. The molecule has 6 heteroatoms. The minimum Gasteiger partial charge on any atom is -0.494 e. The summed E-state index contributed by atoms with van der Waals surface area (Å²) >= 11 is 8.86. The third-order valence-corrected chi connectivity index (χ3v) is 3.93. The number of nitrogens with zero attached hydrogens (tertiary/aromatic N) is 2. The Balaban J connectivity index is 2.08. The maximum Gasteiger partial charge on any atom is 0.200 e. The van der Waals surface area contributed by atoms with Gasteiger partial charge in [0.25, 0.3) is 0 Å². The number of halogens is 1. The third kappa shape index (κ3) is 2.98. The van der Waals surface area contributed by atoms with Crippen molar-refractivity contribution < 1.29 is 4.74 Å². The molecule has 1 N–H and O–H groups in total. The monoisotopic (exact) mass is 375 g/mol. The van der Waals surface area contributed by atoms with Gasteiger partial charge < -0.3 is 4.74 Å². The molecule has 22 heavy (non-hydrogen) atoms. The standard InChI is InChI=1S/C16H14BrN3OS/c1-2-21-14-8-6-13(7-9-14)20-15(18-19-16(20)22)11-4-3-5-12(17)10-11/h3-10H,2H2,1H3,(H,19,22). The molecule has 0 bridgehead atoms. The lowest BCUT2D eigenvalue weighted by molar-refractivity contribution is 0.340. The first-order valence-corrected chi connectivity index (χ1v) is 8.06. The highest BCUT2D eigenvalue weighted by Gasteiger charge is 2.11. The number of aromatic nitrogens is 3. The molecule has 0 atom stereocenters. The number of rotatable bonds is 4. The van der Waals surface area contributed by atoms with Crippen molar-refractivity contribution in [3.63, 3.8) is 0 Å². The van der Waals surface area contributed by atoms with Gasteiger partial charge in [0, 0.05) is 10.0 Å². The molecule has 4 nitrogen and oxygen atoms in total. The van der Waals surface area contributed by atoms with Gasteiger partial charge >= 0.3 is 0 Å². The van der Waals surface area contributed by atoms with Gasteiger partial charge in [-0.3, -0.25) is 9.67 Å². The van der Waals surface area contributed by atoms with Gasteiger partial charge in [-0.2, -0.15) is 5.10 Å². The summed E-state index contributed by atoms with van der Waals surface area (Å²) in [6.45, 7) is 2.61. The molecule has 0 aliphatic rings. The SMILES string of the molecule is CCOc1ccc(-n2c(-c3cccc(Br)c3)n[nH]c2=S)cc1. The van der Waals surface area contributed by atoms with Crippen LogP contribution in [0.1, 0.15) is 6.92 Å². The van der Waals surface area contributed by atoms with E-state index in [0.717, 1.165) is 27.3 Å². The Labute approximate surface area is 141 Å². The number of hydrogen-bond donors (Lipinski definition) is 1. The van der Waals surface area contributed by atoms with E-state index in [-0.39, 0.29) is 0 Å². The second-order valence-corrected chi connectivity index (χ2v) is 5.93. The molecule has 3 aromatic rings. The minimum atomic E-state index is 0.555. The third-order valence-electron chi connectivity index (χ3n) is 3.16. The smallest absolute Gasteiger partial charge is 0.200 e. The van der Waals surface area contributed by atoms with Crippen LogP contribution in [-0.4, -0.2) is 21.4 Å². The Kier molecular flexibility index (Phi) is 4.40. The molecule has 1 aromatic heterocycles. The topological polar surface area (TPSA) is 42.8 Å². The molecule has 112 valence electrons. The quantitative estimate of drug-likeness (QED) is 0.668. The highest BCUT2D eigenvalue weighted by atomic mass is 79.9. The number of nitrogens with one attached hydrogen (secondary N) is 1. The number of benzene rings is 2. The Morgan fingerprint density at radius 1 is 1.23 bits per heavy atom. The van der Waals surface area contributed by atoms with Gasteiger partial charge in [0.15, 0.2) is 10.6 Å². The molecule has 0 amide bonds. The number of aromatic amines is 1. The van der Waals surface area contributed by atoms with Crippen molar-refractivity contribution in [2.75, 3.05) is 6.61 Å². The number of hydrogen-bond acceptors (Lipinski definition) is 3. The molecule has 0 saturated heterocycles. The van der Waals surface area contributed by atoms with E-state index in [0.29, 0.717) is 11.4 Å². The zero-order valence-electron chi connectivity index (χ0n) is 11.9. The van der Waals surface area contributed by atoms with Crippen molar-refractivity contribution in [3.8, 4) is 22.8 Å². The van der Waals surface area contributed by atoms with E-state index in [2.05, 4.69) is 26.1 Å². The van der Waals surface area contributed by atoms with E-state index < -0.39 is 0 Å². The second-order valence-electron chi connectivity index (χ2n) is 4.63. The van der Waals surface area contributed by atoms with Gasteiger partial charge in [-0.1, -0.05) is 28.1 Å². The summed E-state index contributed by atoms with van der Waals surface area (Å²) in [5.41, 5.74) is 1.92. The van der Waals surface area contributed by atoms with Gasteiger partial charge in [0.05, 0.1) is 12.3 Å². The summed E-state index contributed by atoms with van der Waals surface area (Å²) in [4.78, 5) is 0.